The zero-order valence-corrected chi connectivity index (χ0v) is 18.2. The Hall–Kier alpha value is -2.26. The molecular weight excluding hydrogens is 408 g/mol. The lowest BCUT2D eigenvalue weighted by molar-refractivity contribution is -0.117. The SMILES string of the molecule is CC(=O)N1CCc2cc(C(=O)C(C)Sc3nnc(N(C(C)=O)C4CC4)s3)ccc21. The summed E-state index contributed by atoms with van der Waals surface area (Å²) in [6, 6.07) is 5.78. The van der Waals surface area contributed by atoms with Crippen LogP contribution < -0.4 is 9.80 Å². The summed E-state index contributed by atoms with van der Waals surface area (Å²) < 4.78 is 0.677. The standard InChI is InChI=1S/C20H22N4O3S2/c1-11(28-20-22-21-19(29-20)24(13(3)26)16-5-6-16)18(27)15-4-7-17-14(10-15)8-9-23(17)12(2)25/h4,7,10-11,16H,5-6,8-9H2,1-3H3. The fraction of sp³-hybridized carbons (Fsp3) is 0.450. The van der Waals surface area contributed by atoms with Gasteiger partial charge in [-0.1, -0.05) is 23.1 Å². The Morgan fingerprint density at radius 2 is 2.00 bits per heavy atom. The van der Waals surface area contributed by atoms with Crippen molar-refractivity contribution in [3.8, 4) is 0 Å². The molecular formula is C20H22N4O3S2. The normalized spacial score (nSPS) is 16.4. The van der Waals surface area contributed by atoms with E-state index in [-0.39, 0.29) is 28.9 Å². The number of nitrogens with zero attached hydrogens (tertiary/aromatic N) is 4. The van der Waals surface area contributed by atoms with Crippen LogP contribution in [-0.2, 0) is 16.0 Å². The summed E-state index contributed by atoms with van der Waals surface area (Å²) in [6.45, 7) is 5.61. The highest BCUT2D eigenvalue weighted by Gasteiger charge is 2.34. The molecule has 0 spiro atoms. The molecule has 2 aliphatic rings. The van der Waals surface area contributed by atoms with Gasteiger partial charge < -0.3 is 4.90 Å². The molecule has 1 aromatic heterocycles. The number of ketones is 1. The van der Waals surface area contributed by atoms with E-state index in [1.54, 1.807) is 29.7 Å². The van der Waals surface area contributed by atoms with Crippen LogP contribution in [0.25, 0.3) is 0 Å². The van der Waals surface area contributed by atoms with Crippen molar-refractivity contribution in [1.82, 2.24) is 10.2 Å². The molecule has 2 aromatic rings. The Bertz CT molecular complexity index is 986. The van der Waals surface area contributed by atoms with Gasteiger partial charge in [-0.2, -0.15) is 0 Å². The highest BCUT2D eigenvalue weighted by molar-refractivity contribution is 8.02. The fourth-order valence-corrected chi connectivity index (χ4v) is 5.73. The van der Waals surface area contributed by atoms with Gasteiger partial charge in [-0.25, -0.2) is 0 Å². The van der Waals surface area contributed by atoms with Crippen molar-refractivity contribution in [2.24, 2.45) is 0 Å². The number of amides is 2. The highest BCUT2D eigenvalue weighted by atomic mass is 32.2. The maximum absolute atomic E-state index is 12.9. The Kier molecular flexibility index (Phi) is 5.44. The van der Waals surface area contributed by atoms with Crippen LogP contribution >= 0.6 is 23.1 Å². The Labute approximate surface area is 177 Å². The van der Waals surface area contributed by atoms with Gasteiger partial charge in [-0.3, -0.25) is 19.3 Å². The first kappa shape index (κ1) is 20.0. The molecule has 152 valence electrons. The van der Waals surface area contributed by atoms with Crippen LogP contribution in [0.4, 0.5) is 10.8 Å². The van der Waals surface area contributed by atoms with Crippen molar-refractivity contribution < 1.29 is 14.4 Å². The lowest BCUT2D eigenvalue weighted by Crippen LogP contribution is -2.30. The summed E-state index contributed by atoms with van der Waals surface area (Å²) in [5.74, 6) is 0.00754. The fourth-order valence-electron chi connectivity index (χ4n) is 3.55. The number of rotatable bonds is 6. The molecule has 4 rings (SSSR count). The molecule has 7 nitrogen and oxygen atoms in total. The van der Waals surface area contributed by atoms with E-state index in [4.69, 9.17) is 0 Å². The van der Waals surface area contributed by atoms with Crippen molar-refractivity contribution in [2.75, 3.05) is 16.3 Å². The van der Waals surface area contributed by atoms with E-state index in [0.29, 0.717) is 21.6 Å². The smallest absolute Gasteiger partial charge is 0.225 e. The third-order valence-electron chi connectivity index (χ3n) is 5.14. The second-order valence-corrected chi connectivity index (χ2v) is 9.90. The minimum atomic E-state index is -0.328. The molecule has 1 fully saturated rings. The van der Waals surface area contributed by atoms with Crippen molar-refractivity contribution in [3.63, 3.8) is 0 Å². The van der Waals surface area contributed by atoms with Crippen LogP contribution in [0.5, 0.6) is 0 Å². The van der Waals surface area contributed by atoms with Gasteiger partial charge in [-0.05, 0) is 49.9 Å². The number of carbonyl (C=O) groups excluding carboxylic acids is 3. The number of aromatic nitrogens is 2. The summed E-state index contributed by atoms with van der Waals surface area (Å²) in [7, 11) is 0. The molecule has 1 unspecified atom stereocenters. The number of hydrogen-bond acceptors (Lipinski definition) is 7. The Morgan fingerprint density at radius 3 is 2.66 bits per heavy atom. The molecule has 0 N–H and O–H groups in total. The van der Waals surface area contributed by atoms with Crippen molar-refractivity contribution in [1.29, 1.82) is 0 Å². The number of carbonyl (C=O) groups is 3. The largest absolute Gasteiger partial charge is 0.312 e. The first-order valence-electron chi connectivity index (χ1n) is 9.60. The van der Waals surface area contributed by atoms with Gasteiger partial charge in [0.1, 0.15) is 0 Å². The number of thioether (sulfide) groups is 1. The first-order chi connectivity index (χ1) is 13.8. The molecule has 1 aromatic carbocycles. The van der Waals surface area contributed by atoms with Gasteiger partial charge in [0, 0.05) is 37.7 Å². The van der Waals surface area contributed by atoms with Gasteiger partial charge in [0.05, 0.1) is 5.25 Å². The summed E-state index contributed by atoms with van der Waals surface area (Å²) in [5.41, 5.74) is 2.57. The van der Waals surface area contributed by atoms with E-state index >= 15 is 0 Å². The van der Waals surface area contributed by atoms with Crippen molar-refractivity contribution in [3.05, 3.63) is 29.3 Å². The summed E-state index contributed by atoms with van der Waals surface area (Å²) >= 11 is 2.71. The van der Waals surface area contributed by atoms with Crippen LogP contribution in [0.1, 0.15) is 49.5 Å². The van der Waals surface area contributed by atoms with E-state index < -0.39 is 0 Å². The predicted molar refractivity (Wildman–Crippen MR) is 114 cm³/mol. The van der Waals surface area contributed by atoms with E-state index in [1.807, 2.05) is 19.1 Å². The van der Waals surface area contributed by atoms with Crippen molar-refractivity contribution >= 4 is 51.5 Å². The van der Waals surface area contributed by atoms with E-state index in [2.05, 4.69) is 10.2 Å². The minimum Gasteiger partial charge on any atom is -0.312 e. The molecule has 1 atom stereocenters. The summed E-state index contributed by atoms with van der Waals surface area (Å²) in [4.78, 5) is 40.0. The molecule has 2 heterocycles. The van der Waals surface area contributed by atoms with Gasteiger partial charge in [0.25, 0.3) is 0 Å². The highest BCUT2D eigenvalue weighted by Crippen LogP contribution is 2.37. The minimum absolute atomic E-state index is 0.0152. The number of Topliss-reactive ketones (excluding diaryl/α,β-unsaturated/α-hetero) is 1. The van der Waals surface area contributed by atoms with Crippen LogP contribution in [0.2, 0.25) is 0 Å². The van der Waals surface area contributed by atoms with Crippen LogP contribution in [0.3, 0.4) is 0 Å². The quantitative estimate of drug-likeness (QED) is 0.397. The molecule has 0 radical (unpaired) electrons. The second kappa shape index (κ2) is 7.87. The maximum Gasteiger partial charge on any atom is 0.225 e. The van der Waals surface area contributed by atoms with Crippen LogP contribution in [-0.4, -0.2) is 45.6 Å². The van der Waals surface area contributed by atoms with E-state index in [0.717, 1.165) is 30.5 Å². The van der Waals surface area contributed by atoms with Gasteiger partial charge in [-0.15, -0.1) is 10.2 Å². The molecule has 1 saturated carbocycles. The maximum atomic E-state index is 12.9. The number of hydrogen-bond donors (Lipinski definition) is 0. The van der Waals surface area contributed by atoms with E-state index in [1.165, 1.54) is 23.1 Å². The molecule has 29 heavy (non-hydrogen) atoms. The average Bonchev–Trinajstić information content (AvgIpc) is 3.23. The monoisotopic (exact) mass is 430 g/mol. The average molecular weight is 431 g/mol. The lowest BCUT2D eigenvalue weighted by atomic mass is 10.0. The van der Waals surface area contributed by atoms with Gasteiger partial charge in [0.15, 0.2) is 10.1 Å². The predicted octanol–water partition coefficient (Wildman–Crippen LogP) is 3.33. The topological polar surface area (TPSA) is 83.5 Å². The van der Waals surface area contributed by atoms with Crippen molar-refractivity contribution in [2.45, 2.75) is 55.7 Å². The van der Waals surface area contributed by atoms with Gasteiger partial charge >= 0.3 is 0 Å². The zero-order valence-electron chi connectivity index (χ0n) is 16.5. The Balaban J connectivity index is 1.45. The molecule has 0 bridgehead atoms. The summed E-state index contributed by atoms with van der Waals surface area (Å²) in [6.07, 6.45) is 2.76. The van der Waals surface area contributed by atoms with Gasteiger partial charge in [0.2, 0.25) is 16.9 Å². The first-order valence-corrected chi connectivity index (χ1v) is 11.3. The second-order valence-electron chi connectivity index (χ2n) is 7.36. The molecule has 1 aliphatic heterocycles. The number of benzene rings is 1. The van der Waals surface area contributed by atoms with Crippen LogP contribution in [0.15, 0.2) is 22.5 Å². The third kappa shape index (κ3) is 4.06. The number of fused-ring (bicyclic) bond motifs is 1. The Morgan fingerprint density at radius 1 is 1.24 bits per heavy atom. The number of anilines is 2. The molecule has 1 aliphatic carbocycles. The van der Waals surface area contributed by atoms with Crippen LogP contribution in [0, 0.1) is 0 Å². The van der Waals surface area contributed by atoms with E-state index in [9.17, 15) is 14.4 Å². The zero-order chi connectivity index (χ0) is 20.7. The molecule has 9 heteroatoms. The lowest BCUT2D eigenvalue weighted by Gasteiger charge is -2.15. The molecule has 2 amide bonds. The molecule has 0 saturated heterocycles. The third-order valence-corrected chi connectivity index (χ3v) is 7.25. The summed E-state index contributed by atoms with van der Waals surface area (Å²) in [5, 5.41) is 8.61.